The molecule has 1 N–H and O–H groups in total. The quantitative estimate of drug-likeness (QED) is 0.782. The van der Waals surface area contributed by atoms with Crippen LogP contribution in [0.3, 0.4) is 0 Å². The second kappa shape index (κ2) is 9.31. The molecule has 2 amide bonds. The van der Waals surface area contributed by atoms with E-state index in [1.165, 1.54) is 6.20 Å². The predicted molar refractivity (Wildman–Crippen MR) is 109 cm³/mol. The predicted octanol–water partition coefficient (Wildman–Crippen LogP) is 4.52. The van der Waals surface area contributed by atoms with E-state index in [9.17, 15) is 9.59 Å². The van der Waals surface area contributed by atoms with Crippen molar-refractivity contribution < 1.29 is 9.59 Å². The van der Waals surface area contributed by atoms with Crippen molar-refractivity contribution in [3.8, 4) is 0 Å². The molecule has 0 aliphatic rings. The first-order valence-electron chi connectivity index (χ1n) is 9.51. The SMILES string of the molecule is CCCN(CCC)C(=O)c1ccnc(C(=O)Nc2c(C)cc(C)cc2C)c1. The Labute approximate surface area is 161 Å². The van der Waals surface area contributed by atoms with E-state index >= 15 is 0 Å². The number of carbonyl (C=O) groups is 2. The van der Waals surface area contributed by atoms with Crippen LogP contribution in [0.25, 0.3) is 0 Å². The number of nitrogens with zero attached hydrogens (tertiary/aromatic N) is 2. The number of amides is 2. The van der Waals surface area contributed by atoms with Crippen LogP contribution >= 0.6 is 0 Å². The van der Waals surface area contributed by atoms with Gasteiger partial charge >= 0.3 is 0 Å². The van der Waals surface area contributed by atoms with Crippen molar-refractivity contribution in [2.45, 2.75) is 47.5 Å². The summed E-state index contributed by atoms with van der Waals surface area (Å²) in [7, 11) is 0. The molecule has 0 aliphatic heterocycles. The van der Waals surface area contributed by atoms with Gasteiger partial charge in [-0.3, -0.25) is 14.6 Å². The molecule has 5 heteroatoms. The third-order valence-electron chi connectivity index (χ3n) is 4.43. The average molecular weight is 367 g/mol. The van der Waals surface area contributed by atoms with Gasteiger partial charge in [-0.2, -0.15) is 0 Å². The summed E-state index contributed by atoms with van der Waals surface area (Å²) in [6, 6.07) is 7.31. The normalized spacial score (nSPS) is 10.6. The van der Waals surface area contributed by atoms with Crippen molar-refractivity contribution in [2.75, 3.05) is 18.4 Å². The molecular formula is C22H29N3O2. The molecule has 2 rings (SSSR count). The second-order valence-electron chi connectivity index (χ2n) is 6.95. The van der Waals surface area contributed by atoms with Crippen molar-refractivity contribution in [1.29, 1.82) is 0 Å². The fourth-order valence-corrected chi connectivity index (χ4v) is 3.28. The lowest BCUT2D eigenvalue weighted by Crippen LogP contribution is -2.32. The van der Waals surface area contributed by atoms with Crippen LogP contribution in [-0.4, -0.2) is 34.8 Å². The summed E-state index contributed by atoms with van der Waals surface area (Å²) in [5, 5.41) is 2.94. The molecule has 0 saturated heterocycles. The Balaban J connectivity index is 2.24. The molecule has 1 heterocycles. The molecule has 0 fully saturated rings. The second-order valence-corrected chi connectivity index (χ2v) is 6.95. The van der Waals surface area contributed by atoms with Crippen LogP contribution in [0.4, 0.5) is 5.69 Å². The number of hydrogen-bond acceptors (Lipinski definition) is 3. The highest BCUT2D eigenvalue weighted by atomic mass is 16.2. The summed E-state index contributed by atoms with van der Waals surface area (Å²) in [5.74, 6) is -0.366. The lowest BCUT2D eigenvalue weighted by atomic mass is 10.0. The molecule has 0 unspecified atom stereocenters. The van der Waals surface area contributed by atoms with Gasteiger partial charge in [0.05, 0.1) is 0 Å². The Hall–Kier alpha value is -2.69. The van der Waals surface area contributed by atoms with E-state index in [1.807, 2.05) is 51.7 Å². The lowest BCUT2D eigenvalue weighted by molar-refractivity contribution is 0.0755. The van der Waals surface area contributed by atoms with Crippen molar-refractivity contribution >= 4 is 17.5 Å². The largest absolute Gasteiger partial charge is 0.339 e. The number of rotatable bonds is 7. The van der Waals surface area contributed by atoms with Gasteiger partial charge in [-0.25, -0.2) is 0 Å². The first-order chi connectivity index (χ1) is 12.9. The monoisotopic (exact) mass is 367 g/mol. The molecule has 27 heavy (non-hydrogen) atoms. The van der Waals surface area contributed by atoms with E-state index in [-0.39, 0.29) is 17.5 Å². The van der Waals surface area contributed by atoms with E-state index in [4.69, 9.17) is 0 Å². The van der Waals surface area contributed by atoms with E-state index in [1.54, 1.807) is 12.1 Å². The summed E-state index contributed by atoms with van der Waals surface area (Å²) >= 11 is 0. The maximum absolute atomic E-state index is 12.8. The van der Waals surface area contributed by atoms with Gasteiger partial charge in [-0.05, 0) is 56.9 Å². The molecule has 0 radical (unpaired) electrons. The summed E-state index contributed by atoms with van der Waals surface area (Å²) in [5.41, 5.74) is 4.70. The van der Waals surface area contributed by atoms with Gasteiger partial charge in [-0.15, -0.1) is 0 Å². The van der Waals surface area contributed by atoms with Gasteiger partial charge in [0.2, 0.25) is 0 Å². The molecule has 1 aromatic carbocycles. The van der Waals surface area contributed by atoms with Gasteiger partial charge in [0.25, 0.3) is 11.8 Å². The van der Waals surface area contributed by atoms with E-state index in [2.05, 4.69) is 10.3 Å². The summed E-state index contributed by atoms with van der Waals surface area (Å²) < 4.78 is 0. The molecule has 2 aromatic rings. The standard InChI is InChI=1S/C22H29N3O2/c1-6-10-25(11-7-2)22(27)18-8-9-23-19(14-18)21(26)24-20-16(4)12-15(3)13-17(20)5/h8-9,12-14H,6-7,10-11H2,1-5H3,(H,24,26). The van der Waals surface area contributed by atoms with E-state index in [0.717, 1.165) is 35.2 Å². The summed E-state index contributed by atoms with van der Waals surface area (Å²) in [6.07, 6.45) is 3.32. The van der Waals surface area contributed by atoms with Crippen molar-refractivity contribution in [2.24, 2.45) is 0 Å². The van der Waals surface area contributed by atoms with Gasteiger partial charge in [-0.1, -0.05) is 31.5 Å². The third kappa shape index (κ3) is 5.16. The molecule has 0 aliphatic carbocycles. The number of aromatic nitrogens is 1. The highest BCUT2D eigenvalue weighted by Crippen LogP contribution is 2.22. The Morgan fingerprint density at radius 1 is 1.00 bits per heavy atom. The molecule has 0 atom stereocenters. The minimum Gasteiger partial charge on any atom is -0.339 e. The lowest BCUT2D eigenvalue weighted by Gasteiger charge is -2.21. The minimum atomic E-state index is -0.308. The Kier molecular flexibility index (Phi) is 7.11. The maximum atomic E-state index is 12.8. The number of hydrogen-bond donors (Lipinski definition) is 1. The summed E-state index contributed by atoms with van der Waals surface area (Å²) in [6.45, 7) is 11.5. The third-order valence-corrected chi connectivity index (χ3v) is 4.43. The number of nitrogens with one attached hydrogen (secondary N) is 1. The maximum Gasteiger partial charge on any atom is 0.274 e. The number of pyridine rings is 1. The molecule has 144 valence electrons. The van der Waals surface area contributed by atoms with Crippen molar-refractivity contribution in [1.82, 2.24) is 9.88 Å². The zero-order chi connectivity index (χ0) is 20.0. The topological polar surface area (TPSA) is 62.3 Å². The zero-order valence-corrected chi connectivity index (χ0v) is 16.9. The summed E-state index contributed by atoms with van der Waals surface area (Å²) in [4.78, 5) is 31.5. The highest BCUT2D eigenvalue weighted by molar-refractivity contribution is 6.05. The van der Waals surface area contributed by atoms with E-state index < -0.39 is 0 Å². The Morgan fingerprint density at radius 2 is 1.59 bits per heavy atom. The van der Waals surface area contributed by atoms with Crippen molar-refractivity contribution in [3.05, 3.63) is 58.4 Å². The first-order valence-corrected chi connectivity index (χ1v) is 9.51. The number of aryl methyl sites for hydroxylation is 3. The first kappa shape index (κ1) is 20.6. The molecule has 1 aromatic heterocycles. The average Bonchev–Trinajstić information content (AvgIpc) is 2.63. The Morgan fingerprint density at radius 3 is 2.15 bits per heavy atom. The Bertz CT molecular complexity index is 801. The smallest absolute Gasteiger partial charge is 0.274 e. The van der Waals surface area contributed by atoms with Crippen LogP contribution in [0.1, 0.15) is 64.2 Å². The minimum absolute atomic E-state index is 0.0575. The van der Waals surface area contributed by atoms with Gasteiger partial charge in [0.15, 0.2) is 0 Å². The molecule has 0 saturated carbocycles. The van der Waals surface area contributed by atoms with Crippen LogP contribution in [0.2, 0.25) is 0 Å². The van der Waals surface area contributed by atoms with Crippen molar-refractivity contribution in [3.63, 3.8) is 0 Å². The molecular weight excluding hydrogens is 338 g/mol. The van der Waals surface area contributed by atoms with Gasteiger partial charge in [0, 0.05) is 30.5 Å². The van der Waals surface area contributed by atoms with Crippen LogP contribution in [0.15, 0.2) is 30.5 Å². The van der Waals surface area contributed by atoms with Crippen LogP contribution in [0.5, 0.6) is 0 Å². The number of anilines is 1. The zero-order valence-electron chi connectivity index (χ0n) is 16.9. The van der Waals surface area contributed by atoms with E-state index in [0.29, 0.717) is 18.7 Å². The van der Waals surface area contributed by atoms with Gasteiger partial charge in [0.1, 0.15) is 5.69 Å². The molecule has 5 nitrogen and oxygen atoms in total. The molecule has 0 spiro atoms. The fourth-order valence-electron chi connectivity index (χ4n) is 3.28. The highest BCUT2D eigenvalue weighted by Gasteiger charge is 2.17. The van der Waals surface area contributed by atoms with Gasteiger partial charge < -0.3 is 10.2 Å². The molecule has 0 bridgehead atoms. The fraction of sp³-hybridized carbons (Fsp3) is 0.409. The number of carbonyl (C=O) groups excluding carboxylic acids is 2. The van der Waals surface area contributed by atoms with Crippen LogP contribution in [0, 0.1) is 20.8 Å². The van der Waals surface area contributed by atoms with Crippen LogP contribution < -0.4 is 5.32 Å². The van der Waals surface area contributed by atoms with Crippen LogP contribution in [-0.2, 0) is 0 Å². The number of benzene rings is 1.